The molecule has 1 aliphatic rings. The van der Waals surface area contributed by atoms with Gasteiger partial charge in [-0.25, -0.2) is 12.8 Å². The number of halogens is 2. The number of nitrogens with two attached hydrogens (primary N) is 1. The molecule has 9 heteroatoms. The predicted octanol–water partition coefficient (Wildman–Crippen LogP) is 1.07. The van der Waals surface area contributed by atoms with Gasteiger partial charge in [0.2, 0.25) is 15.9 Å². The summed E-state index contributed by atoms with van der Waals surface area (Å²) in [7, 11) is -4.13. The monoisotopic (exact) mass is 379 g/mol. The molecule has 0 spiro atoms. The molecule has 0 aromatic heterocycles. The van der Waals surface area contributed by atoms with E-state index in [2.05, 4.69) is 21.2 Å². The van der Waals surface area contributed by atoms with Crippen molar-refractivity contribution >= 4 is 37.5 Å². The van der Waals surface area contributed by atoms with Crippen molar-refractivity contribution in [2.75, 3.05) is 18.8 Å². The van der Waals surface area contributed by atoms with Gasteiger partial charge in [0.15, 0.2) is 0 Å². The molecule has 0 aliphatic carbocycles. The number of anilines is 1. The van der Waals surface area contributed by atoms with E-state index in [1.807, 2.05) is 0 Å². The third-order valence-corrected chi connectivity index (χ3v) is 5.92. The lowest BCUT2D eigenvalue weighted by atomic mass is 10.2. The highest BCUT2D eigenvalue weighted by molar-refractivity contribution is 9.10. The van der Waals surface area contributed by atoms with E-state index in [1.54, 1.807) is 6.92 Å². The van der Waals surface area contributed by atoms with E-state index in [-0.39, 0.29) is 29.2 Å². The fourth-order valence-corrected chi connectivity index (χ4v) is 4.30. The Balaban J connectivity index is 2.51. The van der Waals surface area contributed by atoms with Gasteiger partial charge in [0, 0.05) is 23.2 Å². The third kappa shape index (κ3) is 2.90. The maximum absolute atomic E-state index is 14.0. The second-order valence-electron chi connectivity index (χ2n) is 4.63. The standard InChI is InChI=1S/C12H15BrFN3O3S/c1-2-10-12(18)16-3-4-17(10)21(19,20)11-6-9(15)7(13)5-8(11)14/h5-6,10H,2-4,15H2,1H3,(H,16,18). The van der Waals surface area contributed by atoms with Gasteiger partial charge in [0.05, 0.1) is 0 Å². The van der Waals surface area contributed by atoms with Gasteiger partial charge in [-0.1, -0.05) is 6.92 Å². The number of carbonyl (C=O) groups is 1. The van der Waals surface area contributed by atoms with Crippen molar-refractivity contribution in [2.24, 2.45) is 0 Å². The highest BCUT2D eigenvalue weighted by Gasteiger charge is 2.38. The van der Waals surface area contributed by atoms with Crippen molar-refractivity contribution in [2.45, 2.75) is 24.3 Å². The lowest BCUT2D eigenvalue weighted by Gasteiger charge is -2.33. The minimum Gasteiger partial charge on any atom is -0.398 e. The number of benzene rings is 1. The Kier molecular flexibility index (Phi) is 4.54. The van der Waals surface area contributed by atoms with Gasteiger partial charge < -0.3 is 11.1 Å². The molecule has 116 valence electrons. The normalized spacial score (nSPS) is 20.3. The van der Waals surface area contributed by atoms with Crippen LogP contribution in [0.2, 0.25) is 0 Å². The van der Waals surface area contributed by atoms with Crippen molar-refractivity contribution in [3.8, 4) is 0 Å². The van der Waals surface area contributed by atoms with Crippen LogP contribution in [-0.4, -0.2) is 37.8 Å². The summed E-state index contributed by atoms with van der Waals surface area (Å²) >= 11 is 3.04. The summed E-state index contributed by atoms with van der Waals surface area (Å²) in [5.41, 5.74) is 5.75. The van der Waals surface area contributed by atoms with Crippen LogP contribution in [0.25, 0.3) is 0 Å². The highest BCUT2D eigenvalue weighted by atomic mass is 79.9. The highest BCUT2D eigenvalue weighted by Crippen LogP contribution is 2.29. The summed E-state index contributed by atoms with van der Waals surface area (Å²) in [6, 6.07) is 1.23. The average Bonchev–Trinajstić information content (AvgIpc) is 2.42. The molecule has 21 heavy (non-hydrogen) atoms. The van der Waals surface area contributed by atoms with E-state index in [0.717, 1.165) is 16.4 Å². The fourth-order valence-electron chi connectivity index (χ4n) is 2.24. The first-order valence-corrected chi connectivity index (χ1v) is 8.56. The Morgan fingerprint density at radius 2 is 2.19 bits per heavy atom. The number of carbonyl (C=O) groups excluding carboxylic acids is 1. The molecule has 3 N–H and O–H groups in total. The molecule has 0 radical (unpaired) electrons. The summed E-state index contributed by atoms with van der Waals surface area (Å²) < 4.78 is 40.6. The van der Waals surface area contributed by atoms with Crippen molar-refractivity contribution in [1.82, 2.24) is 9.62 Å². The van der Waals surface area contributed by atoms with Crippen molar-refractivity contribution in [3.63, 3.8) is 0 Å². The number of hydrogen-bond acceptors (Lipinski definition) is 4. The summed E-state index contributed by atoms with van der Waals surface area (Å²) in [5, 5.41) is 2.60. The van der Waals surface area contributed by atoms with Crippen LogP contribution < -0.4 is 11.1 Å². The van der Waals surface area contributed by atoms with E-state index in [1.165, 1.54) is 0 Å². The van der Waals surface area contributed by atoms with Gasteiger partial charge >= 0.3 is 0 Å². The first-order chi connectivity index (χ1) is 9.78. The van der Waals surface area contributed by atoms with Crippen LogP contribution in [0.3, 0.4) is 0 Å². The molecular weight excluding hydrogens is 365 g/mol. The molecule has 1 aliphatic heterocycles. The van der Waals surface area contributed by atoms with E-state index < -0.39 is 26.8 Å². The fraction of sp³-hybridized carbons (Fsp3) is 0.417. The van der Waals surface area contributed by atoms with E-state index in [0.29, 0.717) is 6.42 Å². The van der Waals surface area contributed by atoms with Gasteiger partial charge in [-0.3, -0.25) is 4.79 Å². The minimum atomic E-state index is -4.13. The molecule has 1 saturated heterocycles. The molecule has 1 heterocycles. The molecule has 0 saturated carbocycles. The van der Waals surface area contributed by atoms with Crippen LogP contribution in [-0.2, 0) is 14.8 Å². The zero-order valence-electron chi connectivity index (χ0n) is 11.3. The third-order valence-electron chi connectivity index (χ3n) is 3.31. The largest absolute Gasteiger partial charge is 0.398 e. The van der Waals surface area contributed by atoms with Crippen LogP contribution in [0.15, 0.2) is 21.5 Å². The van der Waals surface area contributed by atoms with Gasteiger partial charge in [-0.15, -0.1) is 0 Å². The summed E-state index contributed by atoms with van der Waals surface area (Å²) in [6.45, 7) is 1.99. The van der Waals surface area contributed by atoms with Gasteiger partial charge in [-0.05, 0) is 34.5 Å². The first kappa shape index (κ1) is 16.2. The zero-order chi connectivity index (χ0) is 15.8. The van der Waals surface area contributed by atoms with Crippen LogP contribution in [0.1, 0.15) is 13.3 Å². The number of hydrogen-bond donors (Lipinski definition) is 2. The van der Waals surface area contributed by atoms with Crippen LogP contribution in [0.4, 0.5) is 10.1 Å². The minimum absolute atomic E-state index is 0.0992. The smallest absolute Gasteiger partial charge is 0.246 e. The number of nitrogen functional groups attached to an aromatic ring is 1. The maximum atomic E-state index is 14.0. The van der Waals surface area contributed by atoms with Crippen molar-refractivity contribution < 1.29 is 17.6 Å². The lowest BCUT2D eigenvalue weighted by Crippen LogP contribution is -2.56. The van der Waals surface area contributed by atoms with Crippen LogP contribution in [0, 0.1) is 5.82 Å². The number of piperazine rings is 1. The molecule has 1 aromatic carbocycles. The average molecular weight is 380 g/mol. The molecule has 1 amide bonds. The Bertz CT molecular complexity index is 681. The lowest BCUT2D eigenvalue weighted by molar-refractivity contribution is -0.126. The summed E-state index contributed by atoms with van der Waals surface area (Å²) in [4.78, 5) is 11.3. The number of amides is 1. The Morgan fingerprint density at radius 3 is 2.81 bits per heavy atom. The predicted molar refractivity (Wildman–Crippen MR) is 79.5 cm³/mol. The number of nitrogens with zero attached hydrogens (tertiary/aromatic N) is 1. The number of rotatable bonds is 3. The molecule has 2 rings (SSSR count). The number of nitrogens with one attached hydrogen (secondary N) is 1. The van der Waals surface area contributed by atoms with Crippen molar-refractivity contribution in [1.29, 1.82) is 0 Å². The molecule has 6 nitrogen and oxygen atoms in total. The van der Waals surface area contributed by atoms with Gasteiger partial charge in [0.25, 0.3) is 0 Å². The summed E-state index contributed by atoms with van der Waals surface area (Å²) in [6.07, 6.45) is 0.304. The van der Waals surface area contributed by atoms with E-state index >= 15 is 0 Å². The molecule has 1 unspecified atom stereocenters. The SMILES string of the molecule is CCC1C(=O)NCCN1S(=O)(=O)c1cc(N)c(Br)cc1F. The van der Waals surface area contributed by atoms with Gasteiger partial charge in [-0.2, -0.15) is 4.31 Å². The topological polar surface area (TPSA) is 92.5 Å². The second kappa shape index (κ2) is 5.90. The van der Waals surface area contributed by atoms with Crippen LogP contribution >= 0.6 is 15.9 Å². The van der Waals surface area contributed by atoms with Gasteiger partial charge in [0.1, 0.15) is 16.8 Å². The van der Waals surface area contributed by atoms with Crippen molar-refractivity contribution in [3.05, 3.63) is 22.4 Å². The van der Waals surface area contributed by atoms with Crippen LogP contribution in [0.5, 0.6) is 0 Å². The molecule has 1 aromatic rings. The van der Waals surface area contributed by atoms with E-state index in [4.69, 9.17) is 5.73 Å². The maximum Gasteiger partial charge on any atom is 0.246 e. The Labute approximate surface area is 130 Å². The molecule has 1 fully saturated rings. The quantitative estimate of drug-likeness (QED) is 0.768. The van der Waals surface area contributed by atoms with E-state index in [9.17, 15) is 17.6 Å². The zero-order valence-corrected chi connectivity index (χ0v) is 13.7. The first-order valence-electron chi connectivity index (χ1n) is 6.33. The summed E-state index contributed by atoms with van der Waals surface area (Å²) in [5.74, 6) is -1.28. The molecule has 1 atom stereocenters. The second-order valence-corrected chi connectivity index (χ2v) is 7.35. The number of sulfonamides is 1. The molecule has 0 bridgehead atoms. The molecular formula is C12H15BrFN3O3S. The Morgan fingerprint density at radius 1 is 1.52 bits per heavy atom. The Hall–Kier alpha value is -1.19.